The fraction of sp³-hybridized carbons (Fsp3) is 0.333. The molecule has 3 nitrogen and oxygen atoms in total. The molecule has 4 rings (SSSR count). The van der Waals surface area contributed by atoms with Crippen LogP contribution in [0.1, 0.15) is 53.0 Å². The molecule has 3 N–H and O–H groups in total. The predicted octanol–water partition coefficient (Wildman–Crippen LogP) is 3.19. The van der Waals surface area contributed by atoms with Crippen molar-refractivity contribution in [3.05, 3.63) is 58.1 Å². The molecule has 0 spiro atoms. The first kappa shape index (κ1) is 12.7. The van der Waals surface area contributed by atoms with Crippen molar-refractivity contribution in [3.8, 4) is 11.5 Å². The highest BCUT2D eigenvalue weighted by Gasteiger charge is 2.36. The Labute approximate surface area is 124 Å². The molecule has 1 aliphatic heterocycles. The van der Waals surface area contributed by atoms with Crippen LogP contribution in [-0.2, 0) is 6.54 Å². The molecule has 1 unspecified atom stereocenters. The molecule has 2 aromatic carbocycles. The second-order valence-electron chi connectivity index (χ2n) is 6.00. The fourth-order valence-electron chi connectivity index (χ4n) is 4.10. The topological polar surface area (TPSA) is 52.5 Å². The van der Waals surface area contributed by atoms with Crippen LogP contribution in [0.2, 0.25) is 0 Å². The average molecular weight is 281 g/mol. The number of nitrogens with one attached hydrogen (secondary N) is 1. The highest BCUT2D eigenvalue weighted by atomic mass is 16.3. The largest absolute Gasteiger partial charge is 0.504 e. The van der Waals surface area contributed by atoms with Crippen LogP contribution in [0.25, 0.3) is 0 Å². The van der Waals surface area contributed by atoms with Crippen molar-refractivity contribution < 1.29 is 10.2 Å². The van der Waals surface area contributed by atoms with Crippen LogP contribution in [0.5, 0.6) is 11.5 Å². The number of benzene rings is 2. The first-order valence-electron chi connectivity index (χ1n) is 7.59. The van der Waals surface area contributed by atoms with Gasteiger partial charge >= 0.3 is 0 Å². The maximum absolute atomic E-state index is 10.4. The van der Waals surface area contributed by atoms with Gasteiger partial charge in [0.2, 0.25) is 0 Å². The zero-order valence-corrected chi connectivity index (χ0v) is 12.1. The molecule has 0 aromatic heterocycles. The Balaban J connectivity index is 2.05. The third-order valence-corrected chi connectivity index (χ3v) is 4.98. The number of hydrogen-bond donors (Lipinski definition) is 3. The van der Waals surface area contributed by atoms with Gasteiger partial charge in [-0.15, -0.1) is 0 Å². The SMILES string of the molecule is CCC1c2cccc3c2[C@@H](CNC3)c2ccc(O)c(O)c21. The highest BCUT2D eigenvalue weighted by molar-refractivity contribution is 5.62. The summed E-state index contributed by atoms with van der Waals surface area (Å²) in [7, 11) is 0. The molecule has 0 saturated heterocycles. The fourth-order valence-corrected chi connectivity index (χ4v) is 4.10. The summed E-state index contributed by atoms with van der Waals surface area (Å²) in [6, 6.07) is 10.1. The lowest BCUT2D eigenvalue weighted by atomic mass is 9.69. The first-order chi connectivity index (χ1) is 10.2. The van der Waals surface area contributed by atoms with E-state index in [0.717, 1.165) is 30.6 Å². The molecule has 0 bridgehead atoms. The van der Waals surface area contributed by atoms with Gasteiger partial charge in [0.05, 0.1) is 0 Å². The molecule has 0 amide bonds. The standard InChI is InChI=1S/C18H19NO2/c1-2-11-12-5-3-4-10-8-19-9-14(16(10)12)13-6-7-15(20)18(21)17(11)13/h3-7,11,14,19-21H,2,8-9H2,1H3/t11?,14-/m0/s1. The van der Waals surface area contributed by atoms with Crippen molar-refractivity contribution in [2.45, 2.75) is 31.7 Å². The van der Waals surface area contributed by atoms with E-state index in [1.807, 2.05) is 6.07 Å². The lowest BCUT2D eigenvalue weighted by Crippen LogP contribution is -2.33. The van der Waals surface area contributed by atoms with Gasteiger partial charge in [-0.1, -0.05) is 31.2 Å². The number of fused-ring (bicyclic) bond motifs is 2. The predicted molar refractivity (Wildman–Crippen MR) is 81.9 cm³/mol. The molecular formula is C18H19NO2. The van der Waals surface area contributed by atoms with E-state index >= 15 is 0 Å². The maximum atomic E-state index is 10.4. The van der Waals surface area contributed by atoms with Crippen molar-refractivity contribution >= 4 is 0 Å². The van der Waals surface area contributed by atoms with Crippen LogP contribution in [0.15, 0.2) is 30.3 Å². The van der Waals surface area contributed by atoms with Crippen LogP contribution < -0.4 is 5.32 Å². The van der Waals surface area contributed by atoms with Crippen LogP contribution in [-0.4, -0.2) is 16.8 Å². The number of phenols is 2. The summed E-state index contributed by atoms with van der Waals surface area (Å²) in [5.74, 6) is 0.474. The second kappa shape index (κ2) is 4.50. The van der Waals surface area contributed by atoms with Gasteiger partial charge in [0.1, 0.15) is 0 Å². The van der Waals surface area contributed by atoms with Crippen molar-refractivity contribution in [1.82, 2.24) is 5.32 Å². The Hall–Kier alpha value is -2.00. The summed E-state index contributed by atoms with van der Waals surface area (Å²) in [4.78, 5) is 0. The van der Waals surface area contributed by atoms with Gasteiger partial charge in [0.25, 0.3) is 0 Å². The minimum atomic E-state index is -0.0180. The van der Waals surface area contributed by atoms with Gasteiger partial charge in [0, 0.05) is 30.5 Å². The van der Waals surface area contributed by atoms with Gasteiger partial charge in [-0.2, -0.15) is 0 Å². The maximum Gasteiger partial charge on any atom is 0.161 e. The lowest BCUT2D eigenvalue weighted by Gasteiger charge is -2.38. The summed E-state index contributed by atoms with van der Waals surface area (Å²) in [5.41, 5.74) is 6.18. The van der Waals surface area contributed by atoms with E-state index in [4.69, 9.17) is 0 Å². The van der Waals surface area contributed by atoms with E-state index in [1.54, 1.807) is 6.07 Å². The Morgan fingerprint density at radius 3 is 2.76 bits per heavy atom. The lowest BCUT2D eigenvalue weighted by molar-refractivity contribution is 0.393. The molecule has 108 valence electrons. The van der Waals surface area contributed by atoms with Crippen LogP contribution in [0, 0.1) is 0 Å². The quantitative estimate of drug-likeness (QED) is 0.704. The smallest absolute Gasteiger partial charge is 0.161 e. The van der Waals surface area contributed by atoms with Gasteiger partial charge in [-0.05, 0) is 34.7 Å². The van der Waals surface area contributed by atoms with Gasteiger partial charge in [-0.3, -0.25) is 0 Å². The third kappa shape index (κ3) is 1.64. The molecule has 3 heteroatoms. The minimum Gasteiger partial charge on any atom is -0.504 e. The number of hydrogen-bond acceptors (Lipinski definition) is 3. The molecule has 2 aromatic rings. The zero-order valence-electron chi connectivity index (χ0n) is 12.1. The Kier molecular flexibility index (Phi) is 2.73. The molecular weight excluding hydrogens is 262 g/mol. The van der Waals surface area contributed by atoms with E-state index in [1.165, 1.54) is 16.7 Å². The summed E-state index contributed by atoms with van der Waals surface area (Å²) < 4.78 is 0. The third-order valence-electron chi connectivity index (χ3n) is 4.98. The molecule has 21 heavy (non-hydrogen) atoms. The molecule has 0 saturated carbocycles. The van der Waals surface area contributed by atoms with Gasteiger partial charge < -0.3 is 15.5 Å². The van der Waals surface area contributed by atoms with Crippen molar-refractivity contribution in [3.63, 3.8) is 0 Å². The Bertz CT molecular complexity index is 723. The summed E-state index contributed by atoms with van der Waals surface area (Å²) in [5, 5.41) is 23.8. The van der Waals surface area contributed by atoms with Crippen molar-refractivity contribution in [2.24, 2.45) is 0 Å². The molecule has 2 atom stereocenters. The summed E-state index contributed by atoms with van der Waals surface area (Å²) in [6.07, 6.45) is 0.917. The molecule has 2 aliphatic rings. The molecule has 0 fully saturated rings. The van der Waals surface area contributed by atoms with Gasteiger partial charge in [0.15, 0.2) is 11.5 Å². The normalized spacial score (nSPS) is 22.5. The molecule has 1 aliphatic carbocycles. The number of phenolic OH excluding ortho intramolecular Hbond substituents is 2. The van der Waals surface area contributed by atoms with E-state index in [0.29, 0.717) is 0 Å². The highest BCUT2D eigenvalue weighted by Crippen LogP contribution is 2.51. The van der Waals surface area contributed by atoms with Crippen LogP contribution >= 0.6 is 0 Å². The van der Waals surface area contributed by atoms with Crippen molar-refractivity contribution in [2.75, 3.05) is 6.54 Å². The molecule has 1 heterocycles. The minimum absolute atomic E-state index is 0.0180. The van der Waals surface area contributed by atoms with E-state index < -0.39 is 0 Å². The van der Waals surface area contributed by atoms with Crippen LogP contribution in [0.3, 0.4) is 0 Å². The van der Waals surface area contributed by atoms with E-state index in [9.17, 15) is 10.2 Å². The Morgan fingerprint density at radius 1 is 1.10 bits per heavy atom. The monoisotopic (exact) mass is 281 g/mol. The van der Waals surface area contributed by atoms with E-state index in [-0.39, 0.29) is 23.3 Å². The van der Waals surface area contributed by atoms with Gasteiger partial charge in [-0.25, -0.2) is 0 Å². The van der Waals surface area contributed by atoms with Crippen LogP contribution in [0.4, 0.5) is 0 Å². The van der Waals surface area contributed by atoms with E-state index in [2.05, 4.69) is 30.4 Å². The zero-order chi connectivity index (χ0) is 14.6. The van der Waals surface area contributed by atoms with Crippen molar-refractivity contribution in [1.29, 1.82) is 0 Å². The second-order valence-corrected chi connectivity index (χ2v) is 6.00. The summed E-state index contributed by atoms with van der Waals surface area (Å²) in [6.45, 7) is 3.94. The number of rotatable bonds is 1. The Morgan fingerprint density at radius 2 is 1.95 bits per heavy atom. The average Bonchev–Trinajstić information content (AvgIpc) is 2.52. The number of aromatic hydroxyl groups is 2. The first-order valence-corrected chi connectivity index (χ1v) is 7.59. The summed E-state index contributed by atoms with van der Waals surface area (Å²) >= 11 is 0. The molecule has 0 radical (unpaired) electrons.